The van der Waals surface area contributed by atoms with E-state index in [-0.39, 0.29) is 6.10 Å². The van der Waals surface area contributed by atoms with Crippen LogP contribution in [0.4, 0.5) is 0 Å². The predicted octanol–water partition coefficient (Wildman–Crippen LogP) is 2.37. The third-order valence-electron chi connectivity index (χ3n) is 3.68. The molecule has 1 aromatic carbocycles. The molecule has 1 N–H and O–H groups in total. The standard InChI is InChI=1S/C16H21NO4/c1-9-5-12-6-15(19-4)13(7-14(12)20-9)16(8-17)21-11(3)10(2)18/h6-7,9-11,16,18H,5H2,1-4H3. The third kappa shape index (κ3) is 3.29. The molecule has 0 radical (unpaired) electrons. The summed E-state index contributed by atoms with van der Waals surface area (Å²) in [6.07, 6.45) is -0.967. The van der Waals surface area contributed by atoms with Crippen LogP contribution in [0, 0.1) is 11.3 Å². The smallest absolute Gasteiger partial charge is 0.173 e. The van der Waals surface area contributed by atoms with Crippen molar-refractivity contribution in [3.63, 3.8) is 0 Å². The molecule has 0 aliphatic carbocycles. The molecule has 4 unspecified atom stereocenters. The molecule has 0 bridgehead atoms. The molecule has 1 aliphatic rings. The van der Waals surface area contributed by atoms with Crippen LogP contribution >= 0.6 is 0 Å². The Morgan fingerprint density at radius 1 is 1.43 bits per heavy atom. The first-order valence-corrected chi connectivity index (χ1v) is 7.06. The SMILES string of the molecule is COc1cc2c(cc1C(C#N)OC(C)C(C)O)OC(C)C2. The van der Waals surface area contributed by atoms with E-state index in [1.165, 1.54) is 0 Å². The number of hydrogen-bond donors (Lipinski definition) is 1. The highest BCUT2D eigenvalue weighted by Gasteiger charge is 2.27. The molecular formula is C16H21NO4. The maximum absolute atomic E-state index is 9.54. The molecule has 0 spiro atoms. The van der Waals surface area contributed by atoms with Crippen molar-refractivity contribution in [3.8, 4) is 17.6 Å². The minimum Gasteiger partial charge on any atom is -0.496 e. The molecule has 21 heavy (non-hydrogen) atoms. The van der Waals surface area contributed by atoms with E-state index in [0.29, 0.717) is 11.3 Å². The van der Waals surface area contributed by atoms with Crippen LogP contribution in [0.5, 0.6) is 11.5 Å². The number of aliphatic hydroxyl groups is 1. The molecule has 2 rings (SSSR count). The van der Waals surface area contributed by atoms with Gasteiger partial charge >= 0.3 is 0 Å². The summed E-state index contributed by atoms with van der Waals surface area (Å²) in [5, 5.41) is 18.9. The lowest BCUT2D eigenvalue weighted by Gasteiger charge is -2.21. The number of rotatable bonds is 5. The van der Waals surface area contributed by atoms with Crippen LogP contribution < -0.4 is 9.47 Å². The lowest BCUT2D eigenvalue weighted by atomic mass is 10.0. The van der Waals surface area contributed by atoms with E-state index in [2.05, 4.69) is 6.07 Å². The number of benzene rings is 1. The average Bonchev–Trinajstić information content (AvgIpc) is 2.81. The minimum atomic E-state index is -0.811. The summed E-state index contributed by atoms with van der Waals surface area (Å²) in [5.74, 6) is 1.38. The second kappa shape index (κ2) is 6.33. The van der Waals surface area contributed by atoms with Gasteiger partial charge in [0.15, 0.2) is 6.10 Å². The first-order chi connectivity index (χ1) is 9.96. The predicted molar refractivity (Wildman–Crippen MR) is 77.4 cm³/mol. The highest BCUT2D eigenvalue weighted by atomic mass is 16.5. The van der Waals surface area contributed by atoms with Gasteiger partial charge in [0.2, 0.25) is 0 Å². The Morgan fingerprint density at radius 2 is 2.14 bits per heavy atom. The maximum Gasteiger partial charge on any atom is 0.173 e. The fourth-order valence-corrected chi connectivity index (χ4v) is 2.34. The summed E-state index contributed by atoms with van der Waals surface area (Å²) in [6.45, 7) is 5.36. The molecule has 5 nitrogen and oxygen atoms in total. The van der Waals surface area contributed by atoms with Crippen molar-refractivity contribution in [2.75, 3.05) is 7.11 Å². The number of ether oxygens (including phenoxy) is 3. The van der Waals surface area contributed by atoms with Crippen LogP contribution in [-0.2, 0) is 11.2 Å². The van der Waals surface area contributed by atoms with E-state index in [0.717, 1.165) is 17.7 Å². The van der Waals surface area contributed by atoms with Crippen molar-refractivity contribution < 1.29 is 19.3 Å². The summed E-state index contributed by atoms with van der Waals surface area (Å²) in [6, 6.07) is 5.82. The zero-order chi connectivity index (χ0) is 15.6. The first kappa shape index (κ1) is 15.6. The van der Waals surface area contributed by atoms with Crippen molar-refractivity contribution in [2.24, 2.45) is 0 Å². The Hall–Kier alpha value is -1.77. The molecule has 4 atom stereocenters. The maximum atomic E-state index is 9.54. The summed E-state index contributed by atoms with van der Waals surface area (Å²) < 4.78 is 16.7. The topological polar surface area (TPSA) is 71.7 Å². The Labute approximate surface area is 125 Å². The number of aliphatic hydroxyl groups excluding tert-OH is 1. The molecule has 0 fully saturated rings. The lowest BCUT2D eigenvalue weighted by molar-refractivity contribution is -0.0432. The zero-order valence-corrected chi connectivity index (χ0v) is 12.8. The van der Waals surface area contributed by atoms with Gasteiger partial charge in [-0.05, 0) is 32.9 Å². The summed E-state index contributed by atoms with van der Waals surface area (Å²) in [5.41, 5.74) is 1.70. The van der Waals surface area contributed by atoms with E-state index in [1.54, 1.807) is 27.0 Å². The monoisotopic (exact) mass is 291 g/mol. The summed E-state index contributed by atoms with van der Waals surface area (Å²) >= 11 is 0. The van der Waals surface area contributed by atoms with E-state index >= 15 is 0 Å². The number of fused-ring (bicyclic) bond motifs is 1. The van der Waals surface area contributed by atoms with Gasteiger partial charge in [0, 0.05) is 17.5 Å². The van der Waals surface area contributed by atoms with Gasteiger partial charge in [0.1, 0.15) is 17.6 Å². The van der Waals surface area contributed by atoms with Gasteiger partial charge < -0.3 is 19.3 Å². The third-order valence-corrected chi connectivity index (χ3v) is 3.68. The Balaban J connectivity index is 2.33. The van der Waals surface area contributed by atoms with Crippen LogP contribution in [0.15, 0.2) is 12.1 Å². The van der Waals surface area contributed by atoms with Crippen LogP contribution in [0.1, 0.15) is 38.0 Å². The van der Waals surface area contributed by atoms with E-state index in [9.17, 15) is 10.4 Å². The normalized spacial score (nSPS) is 20.9. The summed E-state index contributed by atoms with van der Waals surface area (Å²) in [4.78, 5) is 0. The molecule has 0 aromatic heterocycles. The van der Waals surface area contributed by atoms with Crippen molar-refractivity contribution in [2.45, 2.75) is 51.6 Å². The van der Waals surface area contributed by atoms with Crippen molar-refractivity contribution in [1.29, 1.82) is 5.26 Å². The molecule has 0 saturated heterocycles. The Kier molecular flexibility index (Phi) is 4.71. The van der Waals surface area contributed by atoms with E-state index in [4.69, 9.17) is 14.2 Å². The van der Waals surface area contributed by atoms with Gasteiger partial charge in [0.25, 0.3) is 0 Å². The van der Waals surface area contributed by atoms with Gasteiger partial charge in [-0.15, -0.1) is 0 Å². The van der Waals surface area contributed by atoms with E-state index < -0.39 is 18.3 Å². The fraction of sp³-hybridized carbons (Fsp3) is 0.562. The molecule has 114 valence electrons. The number of nitriles is 1. The van der Waals surface area contributed by atoms with Crippen molar-refractivity contribution in [3.05, 3.63) is 23.3 Å². The van der Waals surface area contributed by atoms with Gasteiger partial charge in [-0.2, -0.15) is 5.26 Å². The first-order valence-electron chi connectivity index (χ1n) is 7.06. The van der Waals surface area contributed by atoms with Gasteiger partial charge in [-0.1, -0.05) is 0 Å². The Morgan fingerprint density at radius 3 is 2.71 bits per heavy atom. The van der Waals surface area contributed by atoms with Crippen LogP contribution in [0.25, 0.3) is 0 Å². The second-order valence-electron chi connectivity index (χ2n) is 5.43. The van der Waals surface area contributed by atoms with Crippen LogP contribution in [0.3, 0.4) is 0 Å². The number of nitrogens with zero attached hydrogens (tertiary/aromatic N) is 1. The summed E-state index contributed by atoms with van der Waals surface area (Å²) in [7, 11) is 1.57. The molecule has 1 aliphatic heterocycles. The van der Waals surface area contributed by atoms with Gasteiger partial charge in [0.05, 0.1) is 25.4 Å². The van der Waals surface area contributed by atoms with Crippen LogP contribution in [-0.4, -0.2) is 30.5 Å². The molecule has 0 amide bonds. The Bertz CT molecular complexity index is 550. The van der Waals surface area contributed by atoms with E-state index in [1.807, 2.05) is 13.0 Å². The molecular weight excluding hydrogens is 270 g/mol. The largest absolute Gasteiger partial charge is 0.496 e. The highest BCUT2D eigenvalue weighted by Crippen LogP contribution is 2.38. The minimum absolute atomic E-state index is 0.123. The van der Waals surface area contributed by atoms with Crippen molar-refractivity contribution in [1.82, 2.24) is 0 Å². The molecule has 1 heterocycles. The number of hydrogen-bond acceptors (Lipinski definition) is 5. The van der Waals surface area contributed by atoms with Gasteiger partial charge in [-0.25, -0.2) is 0 Å². The quantitative estimate of drug-likeness (QED) is 0.901. The average molecular weight is 291 g/mol. The lowest BCUT2D eigenvalue weighted by Crippen LogP contribution is -2.24. The molecule has 1 aromatic rings. The molecule has 0 saturated carbocycles. The van der Waals surface area contributed by atoms with Gasteiger partial charge in [-0.3, -0.25) is 0 Å². The zero-order valence-electron chi connectivity index (χ0n) is 12.8. The fourth-order valence-electron chi connectivity index (χ4n) is 2.34. The second-order valence-corrected chi connectivity index (χ2v) is 5.43. The van der Waals surface area contributed by atoms with Crippen molar-refractivity contribution >= 4 is 0 Å². The highest BCUT2D eigenvalue weighted by molar-refractivity contribution is 5.50. The van der Waals surface area contributed by atoms with Crippen LogP contribution in [0.2, 0.25) is 0 Å². The number of methoxy groups -OCH3 is 1. The molecule has 5 heteroatoms.